The molecule has 1 aliphatic heterocycles. The monoisotopic (exact) mass is 266 g/mol. The normalized spacial score (nSPS) is 18.7. The number of halogens is 1. The molecule has 1 aromatic carbocycles. The zero-order chi connectivity index (χ0) is 13.5. The molecule has 1 aromatic rings. The second-order valence-electron chi connectivity index (χ2n) is 5.12. The largest absolute Gasteiger partial charge is 0.494 e. The third kappa shape index (κ3) is 4.48. The summed E-state index contributed by atoms with van der Waals surface area (Å²) in [6, 6.07) is 5.17. The van der Waals surface area contributed by atoms with Gasteiger partial charge in [0.2, 0.25) is 0 Å². The van der Waals surface area contributed by atoms with Crippen LogP contribution in [0.5, 0.6) is 5.75 Å². The van der Waals surface area contributed by atoms with Crippen LogP contribution in [0, 0.1) is 11.7 Å². The number of nitrogens with one attached hydrogen (secondary N) is 2. The van der Waals surface area contributed by atoms with Crippen LogP contribution in [-0.4, -0.2) is 33.3 Å². The predicted molar refractivity (Wildman–Crippen MR) is 75.1 cm³/mol. The fraction of sp³-hybridized carbons (Fsp3) is 0.600. The number of hydrogen-bond donors (Lipinski definition) is 2. The maximum Gasteiger partial charge on any atom is 0.165 e. The van der Waals surface area contributed by atoms with Crippen LogP contribution < -0.4 is 15.4 Å². The molecule has 0 aliphatic carbocycles. The van der Waals surface area contributed by atoms with Crippen LogP contribution in [0.3, 0.4) is 0 Å². The SMILES string of the molecule is COc1ccc(CCNCCC2CCNC2)cc1F. The molecule has 0 saturated carbocycles. The first-order valence-electron chi connectivity index (χ1n) is 7.03. The van der Waals surface area contributed by atoms with E-state index in [-0.39, 0.29) is 5.82 Å². The fourth-order valence-electron chi connectivity index (χ4n) is 2.49. The molecular formula is C15H23FN2O. The van der Waals surface area contributed by atoms with E-state index >= 15 is 0 Å². The van der Waals surface area contributed by atoms with Crippen molar-refractivity contribution in [2.24, 2.45) is 5.92 Å². The zero-order valence-electron chi connectivity index (χ0n) is 11.5. The van der Waals surface area contributed by atoms with Crippen LogP contribution in [0.25, 0.3) is 0 Å². The molecule has 0 radical (unpaired) electrons. The molecule has 0 amide bonds. The summed E-state index contributed by atoms with van der Waals surface area (Å²) < 4.78 is 18.4. The summed E-state index contributed by atoms with van der Waals surface area (Å²) in [4.78, 5) is 0. The van der Waals surface area contributed by atoms with Crippen molar-refractivity contribution >= 4 is 0 Å². The number of hydrogen-bond acceptors (Lipinski definition) is 3. The summed E-state index contributed by atoms with van der Waals surface area (Å²) in [5.41, 5.74) is 1.01. The van der Waals surface area contributed by atoms with Gasteiger partial charge in [-0.25, -0.2) is 4.39 Å². The van der Waals surface area contributed by atoms with Gasteiger partial charge in [-0.3, -0.25) is 0 Å². The van der Waals surface area contributed by atoms with Gasteiger partial charge >= 0.3 is 0 Å². The Labute approximate surface area is 114 Å². The van der Waals surface area contributed by atoms with E-state index in [0.717, 1.165) is 44.1 Å². The van der Waals surface area contributed by atoms with Gasteiger partial charge in [0.05, 0.1) is 7.11 Å². The van der Waals surface area contributed by atoms with Crippen molar-refractivity contribution in [2.75, 3.05) is 33.3 Å². The summed E-state index contributed by atoms with van der Waals surface area (Å²) in [5, 5.41) is 6.80. The molecule has 4 heteroatoms. The van der Waals surface area contributed by atoms with Crippen molar-refractivity contribution in [3.63, 3.8) is 0 Å². The van der Waals surface area contributed by atoms with E-state index in [9.17, 15) is 4.39 Å². The molecule has 0 bridgehead atoms. The Bertz CT molecular complexity index is 392. The van der Waals surface area contributed by atoms with Gasteiger partial charge in [-0.05, 0) is 69.1 Å². The van der Waals surface area contributed by atoms with Gasteiger partial charge in [-0.1, -0.05) is 6.07 Å². The molecule has 1 aliphatic rings. The van der Waals surface area contributed by atoms with Crippen molar-refractivity contribution in [1.29, 1.82) is 0 Å². The second kappa shape index (κ2) is 7.46. The molecule has 19 heavy (non-hydrogen) atoms. The molecule has 2 rings (SSSR count). The summed E-state index contributed by atoms with van der Waals surface area (Å²) in [6.07, 6.45) is 3.37. The van der Waals surface area contributed by atoms with Crippen LogP contribution in [-0.2, 0) is 6.42 Å². The minimum atomic E-state index is -0.281. The topological polar surface area (TPSA) is 33.3 Å². The minimum Gasteiger partial charge on any atom is -0.494 e. The predicted octanol–water partition coefficient (Wildman–Crippen LogP) is 1.97. The van der Waals surface area contributed by atoms with Crippen molar-refractivity contribution < 1.29 is 9.13 Å². The molecule has 1 unspecified atom stereocenters. The summed E-state index contributed by atoms with van der Waals surface area (Å²) in [5.74, 6) is 0.855. The number of ether oxygens (including phenoxy) is 1. The number of benzene rings is 1. The Hall–Kier alpha value is -1.13. The Morgan fingerprint density at radius 3 is 3.00 bits per heavy atom. The van der Waals surface area contributed by atoms with E-state index in [4.69, 9.17) is 4.74 Å². The molecule has 1 saturated heterocycles. The molecule has 2 N–H and O–H groups in total. The molecule has 1 heterocycles. The highest BCUT2D eigenvalue weighted by Crippen LogP contribution is 2.17. The van der Waals surface area contributed by atoms with E-state index in [1.54, 1.807) is 12.1 Å². The molecule has 0 aromatic heterocycles. The summed E-state index contributed by atoms with van der Waals surface area (Å²) in [7, 11) is 1.48. The number of rotatable bonds is 7. The minimum absolute atomic E-state index is 0.281. The van der Waals surface area contributed by atoms with Gasteiger partial charge in [0.25, 0.3) is 0 Å². The Morgan fingerprint density at radius 2 is 2.32 bits per heavy atom. The first kappa shape index (κ1) is 14.3. The smallest absolute Gasteiger partial charge is 0.165 e. The zero-order valence-corrected chi connectivity index (χ0v) is 11.5. The highest BCUT2D eigenvalue weighted by atomic mass is 19.1. The van der Waals surface area contributed by atoms with Gasteiger partial charge in [-0.15, -0.1) is 0 Å². The van der Waals surface area contributed by atoms with Crippen LogP contribution in [0.1, 0.15) is 18.4 Å². The summed E-state index contributed by atoms with van der Waals surface area (Å²) in [6.45, 7) is 4.26. The first-order valence-corrected chi connectivity index (χ1v) is 7.03. The lowest BCUT2D eigenvalue weighted by Gasteiger charge is -2.09. The third-order valence-electron chi connectivity index (χ3n) is 3.70. The molecule has 0 spiro atoms. The van der Waals surface area contributed by atoms with E-state index < -0.39 is 0 Å². The highest BCUT2D eigenvalue weighted by molar-refractivity contribution is 5.29. The first-order chi connectivity index (χ1) is 9.29. The fourth-order valence-corrected chi connectivity index (χ4v) is 2.49. The Morgan fingerprint density at radius 1 is 1.42 bits per heavy atom. The van der Waals surface area contributed by atoms with Crippen LogP contribution in [0.4, 0.5) is 4.39 Å². The van der Waals surface area contributed by atoms with Gasteiger partial charge in [0.15, 0.2) is 11.6 Å². The molecule has 1 fully saturated rings. The maximum atomic E-state index is 13.5. The van der Waals surface area contributed by atoms with Crippen molar-refractivity contribution in [3.8, 4) is 5.75 Å². The van der Waals surface area contributed by atoms with Gasteiger partial charge < -0.3 is 15.4 Å². The summed E-state index contributed by atoms with van der Waals surface area (Å²) >= 11 is 0. The van der Waals surface area contributed by atoms with Gasteiger partial charge in [0, 0.05) is 0 Å². The quantitative estimate of drug-likeness (QED) is 0.740. The number of methoxy groups -OCH3 is 1. The average molecular weight is 266 g/mol. The lowest BCUT2D eigenvalue weighted by atomic mass is 10.1. The van der Waals surface area contributed by atoms with Crippen molar-refractivity contribution in [1.82, 2.24) is 10.6 Å². The van der Waals surface area contributed by atoms with Gasteiger partial charge in [-0.2, -0.15) is 0 Å². The molecule has 1 atom stereocenters. The Balaban J connectivity index is 1.63. The Kier molecular flexibility index (Phi) is 5.61. The van der Waals surface area contributed by atoms with Crippen molar-refractivity contribution in [3.05, 3.63) is 29.6 Å². The molecule has 106 valence electrons. The van der Waals surface area contributed by atoms with Gasteiger partial charge in [0.1, 0.15) is 0 Å². The van der Waals surface area contributed by atoms with E-state index in [0.29, 0.717) is 5.75 Å². The van der Waals surface area contributed by atoms with Crippen LogP contribution >= 0.6 is 0 Å². The highest BCUT2D eigenvalue weighted by Gasteiger charge is 2.13. The molecular weight excluding hydrogens is 243 g/mol. The standard InChI is InChI=1S/C15H23FN2O/c1-19-15-3-2-12(10-14(15)16)4-7-17-8-5-13-6-9-18-11-13/h2-3,10,13,17-18H,4-9,11H2,1H3. The third-order valence-corrected chi connectivity index (χ3v) is 3.70. The van der Waals surface area contributed by atoms with Crippen LogP contribution in [0.15, 0.2) is 18.2 Å². The second-order valence-corrected chi connectivity index (χ2v) is 5.12. The lowest BCUT2D eigenvalue weighted by molar-refractivity contribution is 0.386. The van der Waals surface area contributed by atoms with Crippen LogP contribution in [0.2, 0.25) is 0 Å². The maximum absolute atomic E-state index is 13.5. The average Bonchev–Trinajstić information content (AvgIpc) is 2.92. The van der Waals surface area contributed by atoms with E-state index in [1.807, 2.05) is 6.07 Å². The van der Waals surface area contributed by atoms with E-state index in [1.165, 1.54) is 20.0 Å². The van der Waals surface area contributed by atoms with Crippen molar-refractivity contribution in [2.45, 2.75) is 19.3 Å². The lowest BCUT2D eigenvalue weighted by Crippen LogP contribution is -2.21. The molecule has 3 nitrogen and oxygen atoms in total. The van der Waals surface area contributed by atoms with E-state index in [2.05, 4.69) is 10.6 Å².